The van der Waals surface area contributed by atoms with Crippen LogP contribution >= 0.6 is 0 Å². The molecule has 0 radical (unpaired) electrons. The van der Waals surface area contributed by atoms with E-state index in [0.29, 0.717) is 12.6 Å². The summed E-state index contributed by atoms with van der Waals surface area (Å²) in [6.07, 6.45) is 7.12. The summed E-state index contributed by atoms with van der Waals surface area (Å²) in [6, 6.07) is 2.67. The first-order chi connectivity index (χ1) is 12.2. The fourth-order valence-electron chi connectivity index (χ4n) is 3.27. The maximum Gasteiger partial charge on any atom is 0.223 e. The monoisotopic (exact) mass is 347 g/mol. The van der Waals surface area contributed by atoms with E-state index in [-0.39, 0.29) is 17.9 Å². The summed E-state index contributed by atoms with van der Waals surface area (Å²) in [5.74, 6) is 1.88. The lowest BCUT2D eigenvalue weighted by Gasteiger charge is -2.30. The number of hydrogen-bond donors (Lipinski definition) is 3. The summed E-state index contributed by atoms with van der Waals surface area (Å²) in [7, 11) is 1.76. The summed E-state index contributed by atoms with van der Waals surface area (Å²) in [5, 5.41) is 13.8. The first kappa shape index (κ1) is 17.8. The highest BCUT2D eigenvalue weighted by Gasteiger charge is 2.31. The predicted octanol–water partition coefficient (Wildman–Crippen LogP) is 1.74. The Bertz CT molecular complexity index is 608. The second kappa shape index (κ2) is 8.36. The van der Waals surface area contributed by atoms with Gasteiger partial charge in [-0.25, -0.2) is 0 Å². The third kappa shape index (κ3) is 5.21. The van der Waals surface area contributed by atoms with Gasteiger partial charge in [-0.3, -0.25) is 9.79 Å². The topological polar surface area (TPSA) is 91.5 Å². The van der Waals surface area contributed by atoms with Crippen LogP contribution in [0.15, 0.2) is 15.6 Å². The summed E-state index contributed by atoms with van der Waals surface area (Å²) < 4.78 is 5.28. The van der Waals surface area contributed by atoms with E-state index in [0.717, 1.165) is 62.4 Å². The smallest absolute Gasteiger partial charge is 0.223 e. The Kier molecular flexibility index (Phi) is 5.94. The number of aryl methyl sites for hydroxylation is 1. The number of guanidine groups is 1. The van der Waals surface area contributed by atoms with Gasteiger partial charge in [-0.1, -0.05) is 18.5 Å². The lowest BCUT2D eigenvalue weighted by atomic mass is 9.85. The number of aromatic nitrogens is 1. The van der Waals surface area contributed by atoms with Gasteiger partial charge in [0.15, 0.2) is 11.7 Å². The molecule has 1 heterocycles. The molecule has 25 heavy (non-hydrogen) atoms. The molecule has 3 N–H and O–H groups in total. The van der Waals surface area contributed by atoms with Crippen LogP contribution in [0.3, 0.4) is 0 Å². The van der Waals surface area contributed by atoms with Gasteiger partial charge in [-0.2, -0.15) is 0 Å². The highest BCUT2D eigenvalue weighted by Crippen LogP contribution is 2.26. The fourth-order valence-corrected chi connectivity index (χ4v) is 3.27. The lowest BCUT2D eigenvalue weighted by Crippen LogP contribution is -2.47. The Labute approximate surface area is 149 Å². The molecule has 1 amide bonds. The van der Waals surface area contributed by atoms with E-state index < -0.39 is 0 Å². The number of nitrogens with zero attached hydrogens (tertiary/aromatic N) is 2. The van der Waals surface area contributed by atoms with Crippen molar-refractivity contribution in [3.63, 3.8) is 0 Å². The normalized spacial score (nSPS) is 24.0. The average molecular weight is 347 g/mol. The number of carbonyl (C=O) groups is 1. The molecule has 1 aromatic rings. The Morgan fingerprint density at radius 2 is 2.12 bits per heavy atom. The Balaban J connectivity index is 1.46. The highest BCUT2D eigenvalue weighted by molar-refractivity contribution is 5.81. The highest BCUT2D eigenvalue weighted by atomic mass is 16.5. The maximum atomic E-state index is 12.3. The molecular formula is C18H29N5O2. The molecule has 0 aliphatic heterocycles. The SMILES string of the molecule is CCc1cc(CNC(=NC)NC2CCCC(C(=O)NC3CC3)C2)on1. The second-order valence-corrected chi connectivity index (χ2v) is 7.05. The molecule has 138 valence electrons. The molecule has 2 aliphatic carbocycles. The van der Waals surface area contributed by atoms with Gasteiger partial charge < -0.3 is 20.5 Å². The van der Waals surface area contributed by atoms with E-state index in [1.807, 2.05) is 6.07 Å². The second-order valence-electron chi connectivity index (χ2n) is 7.05. The largest absolute Gasteiger partial charge is 0.359 e. The number of rotatable bonds is 6. The molecule has 0 aromatic carbocycles. The van der Waals surface area contributed by atoms with Gasteiger partial charge >= 0.3 is 0 Å². The van der Waals surface area contributed by atoms with Crippen LogP contribution in [0.5, 0.6) is 0 Å². The van der Waals surface area contributed by atoms with Crippen molar-refractivity contribution in [1.82, 2.24) is 21.1 Å². The molecule has 2 saturated carbocycles. The van der Waals surface area contributed by atoms with Crippen molar-refractivity contribution < 1.29 is 9.32 Å². The zero-order valence-corrected chi connectivity index (χ0v) is 15.2. The standard InChI is InChI=1S/C18H29N5O2/c1-3-13-10-16(25-23-13)11-20-18(19-2)22-15-6-4-5-12(9-15)17(24)21-14-7-8-14/h10,12,14-15H,3-9,11H2,1-2H3,(H,21,24)(H2,19,20,22). The molecule has 7 heteroatoms. The van der Waals surface area contributed by atoms with E-state index in [9.17, 15) is 4.79 Å². The van der Waals surface area contributed by atoms with Crippen molar-refractivity contribution in [1.29, 1.82) is 0 Å². The van der Waals surface area contributed by atoms with Crippen molar-refractivity contribution in [3.8, 4) is 0 Å². The molecule has 0 spiro atoms. The number of nitrogens with one attached hydrogen (secondary N) is 3. The molecule has 2 fully saturated rings. The van der Waals surface area contributed by atoms with Gasteiger partial charge in [0.1, 0.15) is 0 Å². The number of carbonyl (C=O) groups excluding carboxylic acids is 1. The van der Waals surface area contributed by atoms with E-state index in [1.54, 1.807) is 7.05 Å². The lowest BCUT2D eigenvalue weighted by molar-refractivity contribution is -0.126. The van der Waals surface area contributed by atoms with E-state index >= 15 is 0 Å². The Hall–Kier alpha value is -2.05. The zero-order valence-electron chi connectivity index (χ0n) is 15.2. The van der Waals surface area contributed by atoms with Gasteiger partial charge in [0.2, 0.25) is 5.91 Å². The molecule has 2 unspecified atom stereocenters. The van der Waals surface area contributed by atoms with Gasteiger partial charge in [-0.15, -0.1) is 0 Å². The van der Waals surface area contributed by atoms with E-state index in [4.69, 9.17) is 4.52 Å². The molecule has 7 nitrogen and oxygen atoms in total. The number of aliphatic imine (C=N–C) groups is 1. The summed E-state index contributed by atoms with van der Waals surface area (Å²) in [6.45, 7) is 2.60. The summed E-state index contributed by atoms with van der Waals surface area (Å²) in [4.78, 5) is 16.6. The minimum Gasteiger partial charge on any atom is -0.359 e. The molecule has 2 aliphatic rings. The Morgan fingerprint density at radius 1 is 1.28 bits per heavy atom. The number of hydrogen-bond acceptors (Lipinski definition) is 4. The van der Waals surface area contributed by atoms with Crippen molar-refractivity contribution in [2.24, 2.45) is 10.9 Å². The van der Waals surface area contributed by atoms with E-state index in [1.165, 1.54) is 0 Å². The van der Waals surface area contributed by atoms with Crippen molar-refractivity contribution in [2.75, 3.05) is 7.05 Å². The van der Waals surface area contributed by atoms with E-state index in [2.05, 4.69) is 33.0 Å². The molecule has 3 rings (SSSR count). The van der Waals surface area contributed by atoms with Crippen LogP contribution in [0, 0.1) is 5.92 Å². The van der Waals surface area contributed by atoms with Gasteiger partial charge in [0, 0.05) is 31.1 Å². The van der Waals surface area contributed by atoms with Gasteiger partial charge in [0.25, 0.3) is 0 Å². The first-order valence-corrected chi connectivity index (χ1v) is 9.40. The van der Waals surface area contributed by atoms with Crippen LogP contribution in [0.2, 0.25) is 0 Å². The quantitative estimate of drug-likeness (QED) is 0.538. The molecule has 2 atom stereocenters. The van der Waals surface area contributed by atoms with Gasteiger partial charge in [-0.05, 0) is 38.5 Å². The summed E-state index contributed by atoms with van der Waals surface area (Å²) in [5.41, 5.74) is 0.955. The van der Waals surface area contributed by atoms with Crippen molar-refractivity contribution >= 4 is 11.9 Å². The third-order valence-corrected chi connectivity index (χ3v) is 4.93. The molecular weight excluding hydrogens is 318 g/mol. The minimum absolute atomic E-state index is 0.117. The van der Waals surface area contributed by atoms with Crippen LogP contribution < -0.4 is 16.0 Å². The molecule has 0 saturated heterocycles. The molecule has 1 aromatic heterocycles. The fraction of sp³-hybridized carbons (Fsp3) is 0.722. The average Bonchev–Trinajstić information content (AvgIpc) is 3.33. The van der Waals surface area contributed by atoms with Crippen LogP contribution in [0.25, 0.3) is 0 Å². The van der Waals surface area contributed by atoms with Crippen molar-refractivity contribution in [3.05, 3.63) is 17.5 Å². The van der Waals surface area contributed by atoms with Crippen molar-refractivity contribution in [2.45, 2.75) is 70.5 Å². The third-order valence-electron chi connectivity index (χ3n) is 4.93. The van der Waals surface area contributed by atoms with Crippen LogP contribution in [-0.4, -0.2) is 36.2 Å². The summed E-state index contributed by atoms with van der Waals surface area (Å²) >= 11 is 0. The van der Waals surface area contributed by atoms with Crippen LogP contribution in [0.4, 0.5) is 0 Å². The van der Waals surface area contributed by atoms with Gasteiger partial charge in [0.05, 0.1) is 12.2 Å². The zero-order chi connectivity index (χ0) is 17.6. The Morgan fingerprint density at radius 3 is 2.80 bits per heavy atom. The first-order valence-electron chi connectivity index (χ1n) is 9.40. The minimum atomic E-state index is 0.117. The predicted molar refractivity (Wildman–Crippen MR) is 96.1 cm³/mol. The maximum absolute atomic E-state index is 12.3. The van der Waals surface area contributed by atoms with Crippen LogP contribution in [-0.2, 0) is 17.8 Å². The number of amides is 1. The molecule has 0 bridgehead atoms. The van der Waals surface area contributed by atoms with Crippen LogP contribution in [0.1, 0.15) is 56.9 Å².